The van der Waals surface area contributed by atoms with Crippen molar-refractivity contribution >= 4 is 45.6 Å². The molecule has 0 aromatic rings. The molecule has 13 heteroatoms. The van der Waals surface area contributed by atoms with Crippen LogP contribution in [-0.4, -0.2) is 141 Å². The highest BCUT2D eigenvalue weighted by Gasteiger charge is 2.59. The molecule has 11 nitrogen and oxygen atoms in total. The summed E-state index contributed by atoms with van der Waals surface area (Å²) in [6, 6.07) is 0. The first kappa shape index (κ1) is 38.3. The lowest BCUT2D eigenvalue weighted by Gasteiger charge is -2.37. The summed E-state index contributed by atoms with van der Waals surface area (Å²) in [5.74, 6) is -0.834. The van der Waals surface area contributed by atoms with E-state index in [4.69, 9.17) is 22.1 Å². The number of rotatable bonds is 5. The Kier molecular flexibility index (Phi) is 15.6. The number of thioether (sulfide) groups is 1. The first-order chi connectivity index (χ1) is 21.2. The predicted octanol–water partition coefficient (Wildman–Crippen LogP) is 0.591. The summed E-state index contributed by atoms with van der Waals surface area (Å²) in [5.41, 5.74) is 0. The Morgan fingerprint density at radius 1 is 0.844 bits per heavy atom. The Balaban J connectivity index is 0.000000234. The molecule has 7 aliphatic rings. The summed E-state index contributed by atoms with van der Waals surface area (Å²) in [7, 11) is 8.28. The lowest BCUT2D eigenvalue weighted by Crippen LogP contribution is -2.81. The Morgan fingerprint density at radius 2 is 1.33 bits per heavy atom. The molecular formula is C32H59N5O6S2. The lowest BCUT2D eigenvalue weighted by atomic mass is 9.79. The van der Waals surface area contributed by atoms with Crippen molar-refractivity contribution in [1.82, 2.24) is 20.0 Å². The van der Waals surface area contributed by atoms with E-state index >= 15 is 0 Å². The van der Waals surface area contributed by atoms with Crippen molar-refractivity contribution in [3.8, 4) is 0 Å². The monoisotopic (exact) mass is 674 g/mol. The van der Waals surface area contributed by atoms with E-state index in [1.54, 1.807) is 0 Å². The topological polar surface area (TPSA) is 125 Å². The minimum atomic E-state index is -0.388. The molecule has 8 atom stereocenters. The molecule has 7 heterocycles. The second kappa shape index (κ2) is 18.4. The Labute approximate surface area is 281 Å². The molecule has 4 bridgehead atoms. The summed E-state index contributed by atoms with van der Waals surface area (Å²) in [6.45, 7) is 8.18. The molecule has 0 aromatic carbocycles. The molecule has 7 saturated heterocycles. The summed E-state index contributed by atoms with van der Waals surface area (Å²) in [5, 5.41) is 4.96. The molecular weight excluding hydrogens is 615 g/mol. The number of nitrogens with one attached hydrogen (secondary N) is 1. The van der Waals surface area contributed by atoms with Gasteiger partial charge in [0.25, 0.3) is 0 Å². The number of ether oxygens (including phenoxy) is 2. The van der Waals surface area contributed by atoms with Crippen LogP contribution in [0.15, 0.2) is 0 Å². The number of piperazine rings is 1. The number of piperidine rings is 1. The molecule has 0 saturated carbocycles. The third-order valence-corrected chi connectivity index (χ3v) is 11.1. The fourth-order valence-electron chi connectivity index (χ4n) is 7.38. The fourth-order valence-corrected chi connectivity index (χ4v) is 8.75. The number of fused-ring (bicyclic) bond motifs is 7. The SMILES string of the molecule is C.CN1CCCCC1.CN1CCN(C(=O)C2C3CCC(O3)C2C(=O)[S-])CC1.CNCC[NH2+]C.O=C1SC(=O)C2C3CCC(O3)C12.[2HH]. The molecule has 1 amide bonds. The van der Waals surface area contributed by atoms with E-state index in [1.165, 1.54) is 38.9 Å². The number of hydrogen-bond acceptors (Lipinski definition) is 11. The van der Waals surface area contributed by atoms with Crippen LogP contribution in [0, 0.1) is 23.7 Å². The Hall–Kier alpha value is -1.19. The predicted molar refractivity (Wildman–Crippen MR) is 181 cm³/mol. The summed E-state index contributed by atoms with van der Waals surface area (Å²) in [6.07, 6.45) is 7.87. The zero-order chi connectivity index (χ0) is 31.8. The maximum atomic E-state index is 12.6. The number of nitrogens with two attached hydrogens (primary N) is 1. The summed E-state index contributed by atoms with van der Waals surface area (Å²) < 4.78 is 11.3. The van der Waals surface area contributed by atoms with E-state index in [0.717, 1.165) is 70.2 Å². The highest BCUT2D eigenvalue weighted by Crippen LogP contribution is 2.51. The molecule has 0 spiro atoms. The fraction of sp³-hybridized carbons (Fsp3) is 0.875. The number of carbonyl (C=O) groups is 4. The van der Waals surface area contributed by atoms with E-state index in [2.05, 4.69) is 41.6 Å². The molecule has 3 N–H and O–H groups in total. The van der Waals surface area contributed by atoms with Crippen molar-refractivity contribution in [2.24, 2.45) is 23.7 Å². The average Bonchev–Trinajstić information content (AvgIpc) is 3.85. The number of likely N-dealkylation sites (N-methyl/N-ethyl adjacent to an activating group) is 3. The first-order valence-electron chi connectivity index (χ1n) is 16.5. The number of quaternary nitrogens is 1. The minimum Gasteiger partial charge on any atom is -0.742 e. The van der Waals surface area contributed by atoms with Crippen LogP contribution in [0.4, 0.5) is 0 Å². The zero-order valence-electron chi connectivity index (χ0n) is 26.9. The van der Waals surface area contributed by atoms with Gasteiger partial charge in [-0.3, -0.25) is 14.4 Å². The van der Waals surface area contributed by atoms with Gasteiger partial charge in [0.1, 0.15) is 0 Å². The van der Waals surface area contributed by atoms with Crippen LogP contribution in [0.3, 0.4) is 0 Å². The second-order valence-electron chi connectivity index (χ2n) is 13.0. The van der Waals surface area contributed by atoms with Crippen molar-refractivity contribution in [2.45, 2.75) is 76.8 Å². The van der Waals surface area contributed by atoms with E-state index in [-0.39, 0.29) is 78.2 Å². The van der Waals surface area contributed by atoms with E-state index < -0.39 is 0 Å². The Bertz CT molecular complexity index is 970. The number of nitrogens with zero attached hydrogens (tertiary/aromatic N) is 3. The van der Waals surface area contributed by atoms with Crippen molar-refractivity contribution in [3.63, 3.8) is 0 Å². The maximum Gasteiger partial charge on any atom is 0.229 e. The van der Waals surface area contributed by atoms with Gasteiger partial charge < -0.3 is 52.2 Å². The van der Waals surface area contributed by atoms with Gasteiger partial charge in [0.05, 0.1) is 55.8 Å². The van der Waals surface area contributed by atoms with Crippen molar-refractivity contribution in [1.29, 1.82) is 0 Å². The molecule has 0 aromatic heterocycles. The molecule has 7 fully saturated rings. The third kappa shape index (κ3) is 9.68. The average molecular weight is 675 g/mol. The van der Waals surface area contributed by atoms with E-state index in [1.807, 2.05) is 11.9 Å². The lowest BCUT2D eigenvalue weighted by molar-refractivity contribution is -0.625. The van der Waals surface area contributed by atoms with Crippen molar-refractivity contribution < 1.29 is 35.4 Å². The maximum absolute atomic E-state index is 12.6. The second-order valence-corrected chi connectivity index (χ2v) is 14.4. The molecule has 260 valence electrons. The number of hydrogen-bond donors (Lipinski definition) is 2. The minimum absolute atomic E-state index is 0. The quantitative estimate of drug-likeness (QED) is 0.315. The molecule has 0 aliphatic carbocycles. The normalized spacial score (nSPS) is 34.9. The van der Waals surface area contributed by atoms with E-state index in [9.17, 15) is 19.2 Å². The van der Waals surface area contributed by atoms with Gasteiger partial charge in [0.2, 0.25) is 16.1 Å². The van der Waals surface area contributed by atoms with Gasteiger partial charge in [-0.15, -0.1) is 0 Å². The smallest absolute Gasteiger partial charge is 0.229 e. The third-order valence-electron chi connectivity index (χ3n) is 9.93. The molecule has 7 aliphatic heterocycles. The summed E-state index contributed by atoms with van der Waals surface area (Å²) in [4.78, 5) is 53.4. The van der Waals surface area contributed by atoms with Crippen LogP contribution in [0.5, 0.6) is 0 Å². The van der Waals surface area contributed by atoms with Gasteiger partial charge in [-0.05, 0) is 84.5 Å². The van der Waals surface area contributed by atoms with Gasteiger partial charge in [-0.2, -0.15) is 0 Å². The highest BCUT2D eigenvalue weighted by molar-refractivity contribution is 8.26. The van der Waals surface area contributed by atoms with Gasteiger partial charge >= 0.3 is 0 Å². The molecule has 7 rings (SSSR count). The molecule has 45 heavy (non-hydrogen) atoms. The number of carbonyl (C=O) groups excluding carboxylic acids is 4. The van der Waals surface area contributed by atoms with Crippen LogP contribution in [0.1, 0.15) is 53.8 Å². The number of likely N-dealkylation sites (tertiary alicyclic amines) is 1. The van der Waals surface area contributed by atoms with Crippen molar-refractivity contribution in [2.75, 3.05) is 80.5 Å². The highest BCUT2D eigenvalue weighted by atomic mass is 32.2. The van der Waals surface area contributed by atoms with Gasteiger partial charge in [-0.1, -0.05) is 13.8 Å². The van der Waals surface area contributed by atoms with Gasteiger partial charge in [0.15, 0.2) is 0 Å². The molecule has 8 unspecified atom stereocenters. The summed E-state index contributed by atoms with van der Waals surface area (Å²) >= 11 is 5.72. The Morgan fingerprint density at radius 3 is 1.78 bits per heavy atom. The van der Waals surface area contributed by atoms with Crippen LogP contribution in [-0.2, 0) is 41.3 Å². The zero-order valence-corrected chi connectivity index (χ0v) is 28.5. The van der Waals surface area contributed by atoms with Crippen LogP contribution in [0.25, 0.3) is 0 Å². The standard InChI is InChI=1S/C13H20N2O3S.C8H8O3S.C6H13N.C4H12N2.CH4.H2/c1-14-4-6-15(7-5-14)12(16)10-8-2-3-9(18-8)11(10)13(17)19;9-7-5-3-1-2-4(11-3)6(5)8(10)12-7;1-7-5-3-2-4-6-7;1-5-3-4-6-2;;/h8-11H,2-7H2,1H3,(H,17,19);3-6H,1-2H2;2-6H2,1H3;5-6H,3-4H2,1-2H3;1H4;1H/i;;;;;1+1. The number of amides is 1. The van der Waals surface area contributed by atoms with Gasteiger partial charge in [0, 0.05) is 45.2 Å². The molecule has 0 radical (unpaired) electrons. The van der Waals surface area contributed by atoms with Crippen LogP contribution < -0.4 is 10.6 Å². The van der Waals surface area contributed by atoms with E-state index in [0.29, 0.717) is 0 Å². The van der Waals surface area contributed by atoms with Crippen LogP contribution in [0.2, 0.25) is 0 Å². The van der Waals surface area contributed by atoms with Crippen LogP contribution >= 0.6 is 11.8 Å². The first-order valence-corrected chi connectivity index (χ1v) is 17.7. The van der Waals surface area contributed by atoms with Gasteiger partial charge in [-0.25, -0.2) is 0 Å². The van der Waals surface area contributed by atoms with Crippen molar-refractivity contribution in [3.05, 3.63) is 0 Å². The largest absolute Gasteiger partial charge is 0.742 e.